The molecule has 3 rings (SSSR count). The van der Waals surface area contributed by atoms with Crippen LogP contribution in [0.5, 0.6) is 0 Å². The molecular weight excluding hydrogens is 362 g/mol. The summed E-state index contributed by atoms with van der Waals surface area (Å²) in [6, 6.07) is 8.68. The number of nitrogens with zero attached hydrogens (tertiary/aromatic N) is 4. The van der Waals surface area contributed by atoms with Crippen LogP contribution in [0.2, 0.25) is 0 Å². The van der Waals surface area contributed by atoms with Crippen molar-refractivity contribution in [1.29, 1.82) is 0 Å². The van der Waals surface area contributed by atoms with Gasteiger partial charge in [-0.2, -0.15) is 0 Å². The minimum atomic E-state index is -0.0173. The summed E-state index contributed by atoms with van der Waals surface area (Å²) in [6.07, 6.45) is 3.26. The second kappa shape index (κ2) is 10.6. The van der Waals surface area contributed by atoms with Gasteiger partial charge in [-0.05, 0) is 45.6 Å². The van der Waals surface area contributed by atoms with Crippen LogP contribution in [-0.4, -0.2) is 85.0 Å². The van der Waals surface area contributed by atoms with Crippen molar-refractivity contribution in [2.45, 2.75) is 46.1 Å². The van der Waals surface area contributed by atoms with E-state index < -0.39 is 0 Å². The molecule has 160 valence electrons. The quantitative estimate of drug-likeness (QED) is 0.588. The number of aliphatic imine (C=N–C) groups is 1. The van der Waals surface area contributed by atoms with Gasteiger partial charge in [0, 0.05) is 52.4 Å². The summed E-state index contributed by atoms with van der Waals surface area (Å²) in [5.74, 6) is 1.30. The minimum Gasteiger partial charge on any atom is -0.357 e. The number of piperazine rings is 1. The molecule has 1 aromatic carbocycles. The normalized spacial score (nSPS) is 19.5. The van der Waals surface area contributed by atoms with Crippen LogP contribution in [-0.2, 0) is 11.2 Å². The largest absolute Gasteiger partial charge is 0.357 e. The molecule has 2 saturated heterocycles. The predicted molar refractivity (Wildman–Crippen MR) is 119 cm³/mol. The Morgan fingerprint density at radius 2 is 1.69 bits per heavy atom. The molecule has 2 aliphatic rings. The molecule has 0 aliphatic carbocycles. The van der Waals surface area contributed by atoms with Crippen LogP contribution in [0.3, 0.4) is 0 Å². The lowest BCUT2D eigenvalue weighted by Crippen LogP contribution is -2.57. The fourth-order valence-electron chi connectivity index (χ4n) is 4.15. The van der Waals surface area contributed by atoms with E-state index in [1.807, 2.05) is 4.90 Å². The molecule has 1 unspecified atom stereocenters. The SMILES string of the molecule is CCNC(=NCCc1ccc(C)cc1)N1CCN(C(C)C(=O)N2CCCC2)CC1. The Bertz CT molecular complexity index is 673. The van der Waals surface area contributed by atoms with Crippen molar-refractivity contribution in [3.05, 3.63) is 35.4 Å². The highest BCUT2D eigenvalue weighted by atomic mass is 16.2. The number of hydrogen-bond acceptors (Lipinski definition) is 3. The third-order valence-electron chi connectivity index (χ3n) is 6.05. The first kappa shape index (κ1) is 21.6. The van der Waals surface area contributed by atoms with Gasteiger partial charge in [0.25, 0.3) is 0 Å². The van der Waals surface area contributed by atoms with E-state index in [-0.39, 0.29) is 6.04 Å². The molecule has 6 nitrogen and oxygen atoms in total. The number of amides is 1. The Balaban J connectivity index is 1.50. The summed E-state index contributed by atoms with van der Waals surface area (Å²) >= 11 is 0. The van der Waals surface area contributed by atoms with Crippen LogP contribution in [0.1, 0.15) is 37.8 Å². The zero-order valence-electron chi connectivity index (χ0n) is 18.4. The van der Waals surface area contributed by atoms with Crippen molar-refractivity contribution >= 4 is 11.9 Å². The first-order valence-electron chi connectivity index (χ1n) is 11.2. The number of likely N-dealkylation sites (tertiary alicyclic amines) is 1. The third-order valence-corrected chi connectivity index (χ3v) is 6.05. The maximum atomic E-state index is 12.7. The molecule has 0 aromatic heterocycles. The number of carbonyl (C=O) groups excluding carboxylic acids is 1. The lowest BCUT2D eigenvalue weighted by atomic mass is 10.1. The van der Waals surface area contributed by atoms with Crippen molar-refractivity contribution in [3.8, 4) is 0 Å². The maximum absolute atomic E-state index is 12.7. The van der Waals surface area contributed by atoms with Crippen LogP contribution in [0.15, 0.2) is 29.3 Å². The van der Waals surface area contributed by atoms with Gasteiger partial charge < -0.3 is 15.1 Å². The summed E-state index contributed by atoms with van der Waals surface area (Å²) < 4.78 is 0. The predicted octanol–water partition coefficient (Wildman–Crippen LogP) is 2.13. The van der Waals surface area contributed by atoms with E-state index in [1.54, 1.807) is 0 Å². The number of aryl methyl sites for hydroxylation is 1. The molecular formula is C23H37N5O. The van der Waals surface area contributed by atoms with E-state index in [1.165, 1.54) is 11.1 Å². The van der Waals surface area contributed by atoms with Gasteiger partial charge in [-0.25, -0.2) is 0 Å². The zero-order chi connectivity index (χ0) is 20.6. The van der Waals surface area contributed by atoms with Crippen molar-refractivity contribution in [2.24, 2.45) is 4.99 Å². The number of rotatable bonds is 6. The van der Waals surface area contributed by atoms with Crippen molar-refractivity contribution in [1.82, 2.24) is 20.0 Å². The Morgan fingerprint density at radius 1 is 1.03 bits per heavy atom. The molecule has 6 heteroatoms. The molecule has 1 N–H and O–H groups in total. The van der Waals surface area contributed by atoms with Gasteiger partial charge in [-0.15, -0.1) is 0 Å². The van der Waals surface area contributed by atoms with Gasteiger partial charge in [0.2, 0.25) is 5.91 Å². The molecule has 0 saturated carbocycles. The van der Waals surface area contributed by atoms with Crippen LogP contribution in [0.25, 0.3) is 0 Å². The molecule has 2 fully saturated rings. The van der Waals surface area contributed by atoms with Gasteiger partial charge in [0.15, 0.2) is 5.96 Å². The van der Waals surface area contributed by atoms with Gasteiger partial charge in [0.1, 0.15) is 0 Å². The minimum absolute atomic E-state index is 0.0173. The first-order valence-corrected chi connectivity index (χ1v) is 11.2. The Hall–Kier alpha value is -2.08. The molecule has 1 amide bonds. The Labute approximate surface area is 176 Å². The number of hydrogen-bond donors (Lipinski definition) is 1. The highest BCUT2D eigenvalue weighted by molar-refractivity contribution is 5.82. The van der Waals surface area contributed by atoms with Crippen LogP contribution in [0.4, 0.5) is 0 Å². The standard InChI is InChI=1S/C23H37N5O/c1-4-24-23(25-12-11-21-9-7-19(2)8-10-21)28-17-15-26(16-18-28)20(3)22(29)27-13-5-6-14-27/h7-10,20H,4-6,11-18H2,1-3H3,(H,24,25). The topological polar surface area (TPSA) is 51.2 Å². The smallest absolute Gasteiger partial charge is 0.239 e. The second-order valence-corrected chi connectivity index (χ2v) is 8.20. The van der Waals surface area contributed by atoms with E-state index in [0.29, 0.717) is 5.91 Å². The molecule has 2 heterocycles. The van der Waals surface area contributed by atoms with Crippen molar-refractivity contribution in [3.63, 3.8) is 0 Å². The summed E-state index contributed by atoms with van der Waals surface area (Å²) in [5, 5.41) is 3.44. The summed E-state index contributed by atoms with van der Waals surface area (Å²) in [6.45, 7) is 13.4. The first-order chi connectivity index (χ1) is 14.1. The number of guanidine groups is 1. The molecule has 1 aromatic rings. The summed E-state index contributed by atoms with van der Waals surface area (Å²) in [7, 11) is 0. The van der Waals surface area contributed by atoms with Gasteiger partial charge in [-0.1, -0.05) is 29.8 Å². The molecule has 0 bridgehead atoms. The molecule has 1 atom stereocenters. The summed E-state index contributed by atoms with van der Waals surface area (Å²) in [5.41, 5.74) is 2.62. The molecule has 0 radical (unpaired) electrons. The average molecular weight is 400 g/mol. The van der Waals surface area contributed by atoms with E-state index >= 15 is 0 Å². The zero-order valence-corrected chi connectivity index (χ0v) is 18.4. The second-order valence-electron chi connectivity index (χ2n) is 8.20. The lowest BCUT2D eigenvalue weighted by Gasteiger charge is -2.39. The van der Waals surface area contributed by atoms with Gasteiger partial charge >= 0.3 is 0 Å². The third kappa shape index (κ3) is 5.95. The van der Waals surface area contributed by atoms with E-state index in [2.05, 4.69) is 60.2 Å². The van der Waals surface area contributed by atoms with Gasteiger partial charge in [-0.3, -0.25) is 14.7 Å². The number of nitrogens with one attached hydrogen (secondary N) is 1. The fourth-order valence-corrected chi connectivity index (χ4v) is 4.15. The average Bonchev–Trinajstić information content (AvgIpc) is 3.28. The lowest BCUT2D eigenvalue weighted by molar-refractivity contribution is -0.135. The van der Waals surface area contributed by atoms with Gasteiger partial charge in [0.05, 0.1) is 6.04 Å². The van der Waals surface area contributed by atoms with Crippen LogP contribution in [0, 0.1) is 6.92 Å². The maximum Gasteiger partial charge on any atom is 0.239 e. The summed E-state index contributed by atoms with van der Waals surface area (Å²) in [4.78, 5) is 24.3. The Kier molecular flexibility index (Phi) is 7.92. The fraction of sp³-hybridized carbons (Fsp3) is 0.652. The molecule has 0 spiro atoms. The van der Waals surface area contributed by atoms with E-state index in [9.17, 15) is 4.79 Å². The monoisotopic (exact) mass is 399 g/mol. The van der Waals surface area contributed by atoms with Crippen molar-refractivity contribution in [2.75, 3.05) is 52.4 Å². The van der Waals surface area contributed by atoms with E-state index in [0.717, 1.165) is 77.6 Å². The van der Waals surface area contributed by atoms with Crippen LogP contribution < -0.4 is 5.32 Å². The highest BCUT2D eigenvalue weighted by Crippen LogP contribution is 2.14. The van der Waals surface area contributed by atoms with Crippen molar-refractivity contribution < 1.29 is 4.79 Å². The molecule has 2 aliphatic heterocycles. The van der Waals surface area contributed by atoms with Crippen LogP contribution >= 0.6 is 0 Å². The van der Waals surface area contributed by atoms with E-state index in [4.69, 9.17) is 4.99 Å². The molecule has 29 heavy (non-hydrogen) atoms. The Morgan fingerprint density at radius 3 is 2.31 bits per heavy atom. The number of benzene rings is 1. The number of carbonyl (C=O) groups is 1. The highest BCUT2D eigenvalue weighted by Gasteiger charge is 2.30.